The van der Waals surface area contributed by atoms with Crippen LogP contribution in [0.2, 0.25) is 0 Å². The van der Waals surface area contributed by atoms with Gasteiger partial charge in [0.25, 0.3) is 26.8 Å². The molecule has 0 amide bonds. The number of rotatable bonds is 10. The Hall–Kier alpha value is -1.80. The zero-order valence-electron chi connectivity index (χ0n) is 10.1. The van der Waals surface area contributed by atoms with Crippen molar-refractivity contribution in [2.24, 2.45) is 11.5 Å². The van der Waals surface area contributed by atoms with Crippen LogP contribution in [0.1, 0.15) is 12.8 Å². The lowest BCUT2D eigenvalue weighted by atomic mass is 10.4. The number of carbonyl (C=O) groups excluding carboxylic acids is 2. The van der Waals surface area contributed by atoms with Crippen LogP contribution >= 0.6 is 0 Å². The highest BCUT2D eigenvalue weighted by Gasteiger charge is 2.16. The Bertz CT molecular complexity index is 266. The van der Waals surface area contributed by atoms with Gasteiger partial charge in [-0.3, -0.25) is 20.3 Å². The Morgan fingerprint density at radius 1 is 0.944 bits per heavy atom. The number of nitrogens with two attached hydrogens (primary N) is 2. The predicted molar refractivity (Wildman–Crippen MR) is 63.6 cm³/mol. The third-order valence-corrected chi connectivity index (χ3v) is 1.80. The van der Waals surface area contributed by atoms with E-state index in [2.05, 4.69) is 22.4 Å². The molecule has 0 rings (SSSR count). The highest BCUT2D eigenvalue weighted by atomic mass is 16.7. The summed E-state index contributed by atoms with van der Waals surface area (Å²) in [6.45, 7) is 6.79. The molecule has 0 radical (unpaired) electrons. The maximum atomic E-state index is 9.31. The minimum Gasteiger partial charge on any atom is -0.476 e. The fraction of sp³-hybridized carbons (Fsp3) is 0.600. The summed E-state index contributed by atoms with van der Waals surface area (Å²) in [6, 6.07) is 0. The highest BCUT2D eigenvalue weighted by molar-refractivity contribution is 5.12. The third-order valence-electron chi connectivity index (χ3n) is 1.80. The Labute approximate surface area is 105 Å². The van der Waals surface area contributed by atoms with Crippen molar-refractivity contribution in [3.63, 3.8) is 0 Å². The van der Waals surface area contributed by atoms with Gasteiger partial charge in [-0.1, -0.05) is 0 Å². The van der Waals surface area contributed by atoms with Crippen LogP contribution in [0.3, 0.4) is 0 Å². The van der Waals surface area contributed by atoms with Crippen molar-refractivity contribution >= 4 is 13.6 Å². The molecule has 0 aromatic rings. The molecule has 0 fully saturated rings. The monoisotopic (exact) mass is 264 g/mol. The number of hydrogen-bond donors (Lipinski definition) is 4. The van der Waals surface area contributed by atoms with Crippen molar-refractivity contribution in [2.45, 2.75) is 25.3 Å². The van der Waals surface area contributed by atoms with Crippen LogP contribution in [0.4, 0.5) is 0 Å². The summed E-state index contributed by atoms with van der Waals surface area (Å²) in [7, 11) is 0. The second-order valence-electron chi connectivity index (χ2n) is 3.32. The smallest absolute Gasteiger partial charge is 0.363 e. The van der Waals surface area contributed by atoms with Crippen molar-refractivity contribution in [2.75, 3.05) is 13.2 Å². The van der Waals surface area contributed by atoms with E-state index in [1.165, 1.54) is 0 Å². The molecule has 6 N–H and O–H groups in total. The Morgan fingerprint density at radius 2 is 1.28 bits per heavy atom. The topological polar surface area (TPSA) is 134 Å². The van der Waals surface area contributed by atoms with Gasteiger partial charge in [-0.25, -0.2) is 0 Å². The molecule has 0 aliphatic carbocycles. The summed E-state index contributed by atoms with van der Waals surface area (Å²) < 4.78 is 18.5. The predicted octanol–water partition coefficient (Wildman–Crippen LogP) is -0.659. The molecule has 18 heavy (non-hydrogen) atoms. The van der Waals surface area contributed by atoms with Gasteiger partial charge in [-0.15, -0.1) is 0 Å². The summed E-state index contributed by atoms with van der Waals surface area (Å²) in [6.07, 6.45) is -1.17. The second kappa shape index (κ2) is 9.25. The summed E-state index contributed by atoms with van der Waals surface area (Å²) in [5, 5.41) is 18.6. The minimum absolute atomic E-state index is 0.246. The van der Waals surface area contributed by atoms with Crippen molar-refractivity contribution in [3.8, 4) is 0 Å². The molecule has 0 spiro atoms. The van der Waals surface area contributed by atoms with Gasteiger partial charge >= 0.3 is 11.9 Å². The molecular formula is C10H20N2O6+2. The van der Waals surface area contributed by atoms with E-state index in [0.29, 0.717) is 0 Å². The standard InChI is InChI=1S/C10H18N2O6/c1-15-5-3-7(11)17-9(13)10(14)18-8(12)4-6-16-2/h7-8H,1-6,11-12H2/p+2. The van der Waals surface area contributed by atoms with Crippen LogP contribution in [-0.4, -0.2) is 49.5 Å². The van der Waals surface area contributed by atoms with Crippen LogP contribution in [0.25, 0.3) is 0 Å². The summed E-state index contributed by atoms with van der Waals surface area (Å²) in [5.74, 6) is -1.70. The van der Waals surface area contributed by atoms with Crippen molar-refractivity contribution in [1.29, 1.82) is 0 Å². The molecule has 2 unspecified atom stereocenters. The largest absolute Gasteiger partial charge is 0.476 e. The first-order chi connectivity index (χ1) is 8.51. The molecule has 0 saturated carbocycles. The van der Waals surface area contributed by atoms with Gasteiger partial charge in [-0.05, 0) is 0 Å². The summed E-state index contributed by atoms with van der Waals surface area (Å²) in [4.78, 5) is 0. The quantitative estimate of drug-likeness (QED) is 0.235. The van der Waals surface area contributed by atoms with Gasteiger partial charge in [0, 0.05) is 0 Å². The van der Waals surface area contributed by atoms with Crippen molar-refractivity contribution in [3.05, 3.63) is 11.9 Å². The maximum Gasteiger partial charge on any atom is 0.363 e. The average Bonchev–Trinajstić information content (AvgIpc) is 2.33. The normalized spacial score (nSPS) is 15.2. The van der Waals surface area contributed by atoms with Crippen molar-refractivity contribution in [1.82, 2.24) is 0 Å². The number of aliphatic hydroxyl groups is 2. The summed E-state index contributed by atoms with van der Waals surface area (Å²) in [5.41, 5.74) is 10.9. The molecule has 0 aliphatic heterocycles. The van der Waals surface area contributed by atoms with Crippen LogP contribution in [-0.2, 0) is 18.3 Å². The third kappa shape index (κ3) is 7.47. The molecule has 0 aliphatic rings. The SMILES string of the molecule is C=[O+]CCC(N)OC(O)=C(O)OC(N)CC[O+]=C. The van der Waals surface area contributed by atoms with E-state index in [1.54, 1.807) is 0 Å². The van der Waals surface area contributed by atoms with E-state index >= 15 is 0 Å². The first-order valence-corrected chi connectivity index (χ1v) is 5.21. The highest BCUT2D eigenvalue weighted by Crippen LogP contribution is 2.07. The van der Waals surface area contributed by atoms with E-state index in [0.717, 1.165) is 0 Å². The van der Waals surface area contributed by atoms with Gasteiger partial charge in [-0.2, -0.15) is 0 Å². The summed E-state index contributed by atoms with van der Waals surface area (Å²) >= 11 is 0. The maximum absolute atomic E-state index is 9.31. The molecule has 2 atom stereocenters. The first-order valence-electron chi connectivity index (χ1n) is 5.21. The number of hydrogen-bond acceptors (Lipinski definition) is 6. The number of ether oxygens (including phenoxy) is 2. The second-order valence-corrected chi connectivity index (χ2v) is 3.32. The lowest BCUT2D eigenvalue weighted by molar-refractivity contribution is -0.450. The van der Waals surface area contributed by atoms with Gasteiger partial charge < -0.3 is 19.7 Å². The molecule has 8 nitrogen and oxygen atoms in total. The lowest BCUT2D eigenvalue weighted by Gasteiger charge is -2.14. The van der Waals surface area contributed by atoms with E-state index in [-0.39, 0.29) is 26.1 Å². The van der Waals surface area contributed by atoms with Crippen molar-refractivity contribution < 1.29 is 28.5 Å². The van der Waals surface area contributed by atoms with E-state index in [9.17, 15) is 10.2 Å². The Morgan fingerprint density at radius 3 is 1.56 bits per heavy atom. The molecule has 104 valence electrons. The van der Waals surface area contributed by atoms with Crippen LogP contribution < -0.4 is 11.5 Å². The average molecular weight is 264 g/mol. The molecule has 0 aromatic carbocycles. The Kier molecular flexibility index (Phi) is 8.33. The van der Waals surface area contributed by atoms with E-state index in [1.807, 2.05) is 0 Å². The van der Waals surface area contributed by atoms with Crippen LogP contribution in [0.5, 0.6) is 0 Å². The number of aliphatic hydroxyl groups excluding tert-OH is 2. The zero-order valence-corrected chi connectivity index (χ0v) is 10.1. The molecule has 0 saturated heterocycles. The Balaban J connectivity index is 4.15. The van der Waals surface area contributed by atoms with Crippen LogP contribution in [0.15, 0.2) is 11.9 Å². The molecular weight excluding hydrogens is 244 g/mol. The van der Waals surface area contributed by atoms with Gasteiger partial charge in [0.15, 0.2) is 12.5 Å². The molecule has 0 bridgehead atoms. The molecule has 0 aromatic heterocycles. The van der Waals surface area contributed by atoms with E-state index in [4.69, 9.17) is 20.9 Å². The van der Waals surface area contributed by atoms with Gasteiger partial charge in [0.1, 0.15) is 0 Å². The molecule has 0 heterocycles. The fourth-order valence-corrected chi connectivity index (χ4v) is 0.904. The van der Waals surface area contributed by atoms with Gasteiger partial charge in [0.05, 0.1) is 12.8 Å². The van der Waals surface area contributed by atoms with Gasteiger partial charge in [0.2, 0.25) is 0 Å². The fourth-order valence-electron chi connectivity index (χ4n) is 0.904. The first kappa shape index (κ1) is 16.2. The molecule has 8 heteroatoms. The lowest BCUT2D eigenvalue weighted by Crippen LogP contribution is -2.28. The minimum atomic E-state index is -0.864. The zero-order chi connectivity index (χ0) is 14.0. The van der Waals surface area contributed by atoms with E-state index < -0.39 is 24.3 Å². The van der Waals surface area contributed by atoms with Crippen LogP contribution in [0, 0.1) is 0 Å².